The van der Waals surface area contributed by atoms with Crippen LogP contribution in [0.15, 0.2) is 53.4 Å². The van der Waals surface area contributed by atoms with Crippen molar-refractivity contribution in [2.45, 2.75) is 5.75 Å². The van der Waals surface area contributed by atoms with E-state index < -0.39 is 26.5 Å². The molecule has 2 rings (SSSR count). The van der Waals surface area contributed by atoms with E-state index >= 15 is 0 Å². The molecule has 4 nitrogen and oxygen atoms in total. The first-order chi connectivity index (χ1) is 10.8. The van der Waals surface area contributed by atoms with Gasteiger partial charge in [0.25, 0.3) is 5.91 Å². The van der Waals surface area contributed by atoms with Crippen LogP contribution in [-0.4, -0.2) is 14.3 Å². The zero-order valence-corrected chi connectivity index (χ0v) is 13.4. The van der Waals surface area contributed by atoms with Gasteiger partial charge >= 0.3 is 0 Å². The zero-order valence-electron chi connectivity index (χ0n) is 11.9. The summed E-state index contributed by atoms with van der Waals surface area (Å²) >= 11 is 5.75. The van der Waals surface area contributed by atoms with Gasteiger partial charge in [-0.3, -0.25) is 4.79 Å². The lowest BCUT2D eigenvalue weighted by Gasteiger charge is -2.07. The Morgan fingerprint density at radius 2 is 1.65 bits per heavy atom. The van der Waals surface area contributed by atoms with Crippen LogP contribution in [0, 0.1) is 5.82 Å². The lowest BCUT2D eigenvalue weighted by molar-refractivity contribution is -0.113. The van der Waals surface area contributed by atoms with Crippen LogP contribution in [0.25, 0.3) is 6.08 Å². The van der Waals surface area contributed by atoms with Gasteiger partial charge in [0.05, 0.1) is 5.75 Å². The van der Waals surface area contributed by atoms with Gasteiger partial charge in [-0.2, -0.15) is 0 Å². The highest BCUT2D eigenvalue weighted by atomic mass is 35.5. The number of halogens is 2. The Morgan fingerprint density at radius 3 is 2.17 bits per heavy atom. The van der Waals surface area contributed by atoms with Crippen molar-refractivity contribution < 1.29 is 17.6 Å². The van der Waals surface area contributed by atoms with Crippen molar-refractivity contribution in [2.75, 3.05) is 0 Å². The highest BCUT2D eigenvalue weighted by molar-refractivity contribution is 7.95. The fourth-order valence-electron chi connectivity index (χ4n) is 1.90. The molecule has 0 radical (unpaired) electrons. The molecule has 23 heavy (non-hydrogen) atoms. The number of hydrogen-bond donors (Lipinski definition) is 1. The Kier molecular flexibility index (Phi) is 5.18. The molecule has 0 aliphatic rings. The molecule has 0 aliphatic heterocycles. The third-order valence-electron chi connectivity index (χ3n) is 3.02. The van der Waals surface area contributed by atoms with Crippen molar-refractivity contribution >= 4 is 33.4 Å². The molecule has 0 unspecified atom stereocenters. The summed E-state index contributed by atoms with van der Waals surface area (Å²) in [5, 5.41) is 0.475. The second-order valence-corrected chi connectivity index (χ2v) is 7.20. The van der Waals surface area contributed by atoms with E-state index in [-0.39, 0.29) is 5.75 Å². The highest BCUT2D eigenvalue weighted by Crippen LogP contribution is 2.19. The first-order valence-electron chi connectivity index (χ1n) is 6.52. The van der Waals surface area contributed by atoms with Gasteiger partial charge in [-0.05, 0) is 41.5 Å². The van der Waals surface area contributed by atoms with E-state index in [0.717, 1.165) is 18.2 Å². The molecule has 2 aromatic carbocycles. The number of rotatable bonds is 5. The van der Waals surface area contributed by atoms with E-state index in [2.05, 4.69) is 0 Å². The molecule has 1 amide bonds. The second-order valence-electron chi connectivity index (χ2n) is 4.81. The lowest BCUT2D eigenvalue weighted by Crippen LogP contribution is -2.22. The van der Waals surface area contributed by atoms with Crippen molar-refractivity contribution in [2.24, 2.45) is 5.73 Å². The Bertz CT molecular complexity index is 844. The van der Waals surface area contributed by atoms with Gasteiger partial charge in [0, 0.05) is 5.02 Å². The summed E-state index contributed by atoms with van der Waals surface area (Å²) in [6.07, 6.45) is 1.13. The summed E-state index contributed by atoms with van der Waals surface area (Å²) in [6, 6.07) is 11.3. The van der Waals surface area contributed by atoms with Crippen molar-refractivity contribution in [3.05, 3.63) is 75.4 Å². The average molecular weight is 354 g/mol. The Hall–Kier alpha value is -2.18. The third kappa shape index (κ3) is 4.64. The van der Waals surface area contributed by atoms with Crippen LogP contribution in [-0.2, 0) is 20.4 Å². The maximum atomic E-state index is 12.9. The molecule has 0 saturated heterocycles. The van der Waals surface area contributed by atoms with E-state index in [1.165, 1.54) is 12.1 Å². The van der Waals surface area contributed by atoms with Crippen molar-refractivity contribution in [3.63, 3.8) is 0 Å². The monoisotopic (exact) mass is 353 g/mol. The molecule has 0 atom stereocenters. The summed E-state index contributed by atoms with van der Waals surface area (Å²) in [4.78, 5) is 11.0. The summed E-state index contributed by atoms with van der Waals surface area (Å²) in [5.74, 6) is -1.92. The minimum atomic E-state index is -3.95. The van der Waals surface area contributed by atoms with Crippen LogP contribution in [0.5, 0.6) is 0 Å². The van der Waals surface area contributed by atoms with Gasteiger partial charge in [-0.1, -0.05) is 35.9 Å². The second kappa shape index (κ2) is 6.93. The fraction of sp³-hybridized carbons (Fsp3) is 0.0625. The molecule has 0 saturated carbocycles. The van der Waals surface area contributed by atoms with Gasteiger partial charge in [0.15, 0.2) is 9.84 Å². The maximum Gasteiger partial charge on any atom is 0.260 e. The van der Waals surface area contributed by atoms with E-state index in [1.807, 2.05) is 0 Å². The van der Waals surface area contributed by atoms with Crippen LogP contribution in [0.2, 0.25) is 5.02 Å². The van der Waals surface area contributed by atoms with E-state index in [0.29, 0.717) is 16.1 Å². The molecule has 2 N–H and O–H groups in total. The smallest absolute Gasteiger partial charge is 0.260 e. The number of nitrogens with two attached hydrogens (primary N) is 1. The Labute approximate surface area is 138 Å². The van der Waals surface area contributed by atoms with Crippen molar-refractivity contribution in [1.82, 2.24) is 0 Å². The third-order valence-corrected chi connectivity index (χ3v) is 4.97. The summed E-state index contributed by atoms with van der Waals surface area (Å²) in [6.45, 7) is 0. The van der Waals surface area contributed by atoms with Crippen LogP contribution >= 0.6 is 11.6 Å². The van der Waals surface area contributed by atoms with Crippen LogP contribution in [0.1, 0.15) is 11.1 Å². The normalized spacial score (nSPS) is 12.2. The highest BCUT2D eigenvalue weighted by Gasteiger charge is 2.23. The number of amides is 1. The standard InChI is InChI=1S/C16H13ClFNO3S/c17-13-5-1-12(2-6-13)10-23(21,22)15(16(19)20)9-11-3-7-14(18)8-4-11/h1-9H,10H2,(H2,19,20). The Balaban J connectivity index is 2.37. The van der Waals surface area contributed by atoms with Crippen molar-refractivity contribution in [1.29, 1.82) is 0 Å². The number of sulfone groups is 1. The molecule has 0 aromatic heterocycles. The SMILES string of the molecule is NC(=O)C(=Cc1ccc(F)cc1)S(=O)(=O)Cc1ccc(Cl)cc1. The summed E-state index contributed by atoms with van der Waals surface area (Å²) < 4.78 is 37.7. The van der Waals surface area contributed by atoms with E-state index in [4.69, 9.17) is 17.3 Å². The lowest BCUT2D eigenvalue weighted by atomic mass is 10.2. The molecule has 0 spiro atoms. The predicted octanol–water partition coefficient (Wildman–Crippen LogP) is 2.92. The number of hydrogen-bond acceptors (Lipinski definition) is 3. The van der Waals surface area contributed by atoms with Gasteiger partial charge < -0.3 is 5.73 Å². The van der Waals surface area contributed by atoms with Gasteiger partial charge in [-0.25, -0.2) is 12.8 Å². The molecule has 2 aromatic rings. The summed E-state index contributed by atoms with van der Waals surface area (Å²) in [5.41, 5.74) is 6.03. The quantitative estimate of drug-likeness (QED) is 0.839. The molecule has 120 valence electrons. The van der Waals surface area contributed by atoms with Gasteiger partial charge in [0.2, 0.25) is 0 Å². The molecule has 7 heteroatoms. The fourth-order valence-corrected chi connectivity index (χ4v) is 3.44. The van der Waals surface area contributed by atoms with Gasteiger partial charge in [-0.15, -0.1) is 0 Å². The minimum absolute atomic E-state index is 0.361. The molecule has 0 fully saturated rings. The Morgan fingerprint density at radius 1 is 1.09 bits per heavy atom. The van der Waals surface area contributed by atoms with Crippen LogP contribution in [0.3, 0.4) is 0 Å². The average Bonchev–Trinajstić information content (AvgIpc) is 2.48. The van der Waals surface area contributed by atoms with Crippen LogP contribution < -0.4 is 5.73 Å². The zero-order chi connectivity index (χ0) is 17.0. The van der Waals surface area contributed by atoms with Crippen molar-refractivity contribution in [3.8, 4) is 0 Å². The minimum Gasteiger partial charge on any atom is -0.365 e. The number of primary amides is 1. The first-order valence-corrected chi connectivity index (χ1v) is 8.55. The van der Waals surface area contributed by atoms with E-state index in [1.54, 1.807) is 24.3 Å². The maximum absolute atomic E-state index is 12.9. The molecular formula is C16H13ClFNO3S. The molecule has 0 aliphatic carbocycles. The molecule has 0 bridgehead atoms. The van der Waals surface area contributed by atoms with Crippen LogP contribution in [0.4, 0.5) is 4.39 Å². The van der Waals surface area contributed by atoms with Gasteiger partial charge in [0.1, 0.15) is 10.7 Å². The predicted molar refractivity (Wildman–Crippen MR) is 87.6 cm³/mol. The first kappa shape index (κ1) is 17.2. The summed E-state index contributed by atoms with van der Waals surface area (Å²) in [7, 11) is -3.95. The topological polar surface area (TPSA) is 77.2 Å². The number of carbonyl (C=O) groups excluding carboxylic acids is 1. The number of carbonyl (C=O) groups is 1. The molecular weight excluding hydrogens is 341 g/mol. The number of benzene rings is 2. The van der Waals surface area contributed by atoms with E-state index in [9.17, 15) is 17.6 Å². The molecule has 0 heterocycles. The largest absolute Gasteiger partial charge is 0.365 e.